The van der Waals surface area contributed by atoms with Crippen molar-refractivity contribution in [3.63, 3.8) is 0 Å². The van der Waals surface area contributed by atoms with Crippen molar-refractivity contribution in [1.82, 2.24) is 4.90 Å². The lowest BCUT2D eigenvalue weighted by Gasteiger charge is -2.25. The molecular formula is C21H25ClN2O3. The van der Waals surface area contributed by atoms with Gasteiger partial charge in [-0.05, 0) is 48.7 Å². The molecule has 1 fully saturated rings. The normalized spacial score (nSPS) is 17.1. The van der Waals surface area contributed by atoms with Crippen LogP contribution in [0.5, 0.6) is 11.5 Å². The van der Waals surface area contributed by atoms with E-state index in [2.05, 4.69) is 17.4 Å². The topological polar surface area (TPSA) is 50.8 Å². The number of amides is 2. The Morgan fingerprint density at radius 3 is 2.59 bits per heavy atom. The molecule has 2 aromatic carbocycles. The molecular weight excluding hydrogens is 364 g/mol. The highest BCUT2D eigenvalue weighted by Crippen LogP contribution is 2.30. The molecule has 5 nitrogen and oxygen atoms in total. The van der Waals surface area contributed by atoms with E-state index in [0.717, 1.165) is 31.6 Å². The monoisotopic (exact) mass is 388 g/mol. The van der Waals surface area contributed by atoms with Crippen LogP contribution in [0.15, 0.2) is 42.5 Å². The van der Waals surface area contributed by atoms with Crippen LogP contribution < -0.4 is 14.8 Å². The second-order valence-corrected chi connectivity index (χ2v) is 7.12. The second-order valence-electron chi connectivity index (χ2n) is 6.69. The maximum Gasteiger partial charge on any atom is 0.321 e. The van der Waals surface area contributed by atoms with Crippen LogP contribution in [-0.2, 0) is 0 Å². The van der Waals surface area contributed by atoms with E-state index in [1.165, 1.54) is 5.56 Å². The summed E-state index contributed by atoms with van der Waals surface area (Å²) in [5, 5.41) is 3.50. The zero-order chi connectivity index (χ0) is 19.2. The van der Waals surface area contributed by atoms with E-state index < -0.39 is 0 Å². The van der Waals surface area contributed by atoms with Crippen LogP contribution >= 0.6 is 11.6 Å². The quantitative estimate of drug-likeness (QED) is 0.787. The number of likely N-dealkylation sites (tertiary alicyclic amines) is 1. The van der Waals surface area contributed by atoms with E-state index in [1.807, 2.05) is 17.0 Å². The Bertz CT molecular complexity index is 779. The van der Waals surface area contributed by atoms with Gasteiger partial charge in [0.2, 0.25) is 0 Å². The average Bonchev–Trinajstić information content (AvgIpc) is 2.95. The Hall–Kier alpha value is -2.40. The molecule has 2 aromatic rings. The number of ether oxygens (including phenoxy) is 2. The predicted molar refractivity (Wildman–Crippen MR) is 108 cm³/mol. The van der Waals surface area contributed by atoms with Crippen molar-refractivity contribution in [1.29, 1.82) is 0 Å². The molecule has 1 saturated heterocycles. The largest absolute Gasteiger partial charge is 0.497 e. The number of anilines is 1. The molecule has 1 aliphatic heterocycles. The number of carbonyl (C=O) groups excluding carboxylic acids is 1. The van der Waals surface area contributed by atoms with Crippen molar-refractivity contribution in [3.05, 3.63) is 53.1 Å². The molecule has 0 spiro atoms. The van der Waals surface area contributed by atoms with E-state index in [4.69, 9.17) is 21.1 Å². The fraction of sp³-hybridized carbons (Fsp3) is 0.381. The molecule has 0 aliphatic carbocycles. The average molecular weight is 389 g/mol. The molecule has 2 amide bonds. The Morgan fingerprint density at radius 2 is 1.89 bits per heavy atom. The smallest absolute Gasteiger partial charge is 0.321 e. The minimum Gasteiger partial charge on any atom is -0.497 e. The van der Waals surface area contributed by atoms with Crippen LogP contribution in [0.4, 0.5) is 10.5 Å². The first-order chi connectivity index (χ1) is 13.1. The number of halogens is 1. The van der Waals surface area contributed by atoms with Gasteiger partial charge in [-0.15, -0.1) is 0 Å². The van der Waals surface area contributed by atoms with Crippen molar-refractivity contribution in [3.8, 4) is 11.5 Å². The van der Waals surface area contributed by atoms with Gasteiger partial charge in [0.1, 0.15) is 11.5 Å². The van der Waals surface area contributed by atoms with E-state index in [9.17, 15) is 4.79 Å². The number of nitrogens with zero attached hydrogens (tertiary/aromatic N) is 1. The van der Waals surface area contributed by atoms with Gasteiger partial charge in [-0.2, -0.15) is 0 Å². The summed E-state index contributed by atoms with van der Waals surface area (Å²) in [6, 6.07) is 13.2. The van der Waals surface area contributed by atoms with Crippen LogP contribution in [0, 0.1) is 0 Å². The van der Waals surface area contributed by atoms with Gasteiger partial charge in [0.05, 0.1) is 19.9 Å². The highest BCUT2D eigenvalue weighted by molar-refractivity contribution is 6.31. The highest BCUT2D eigenvalue weighted by atomic mass is 35.5. The third kappa shape index (κ3) is 4.86. The first-order valence-corrected chi connectivity index (χ1v) is 9.52. The van der Waals surface area contributed by atoms with Gasteiger partial charge in [0.15, 0.2) is 0 Å². The Morgan fingerprint density at radius 1 is 1.11 bits per heavy atom. The number of benzene rings is 2. The third-order valence-electron chi connectivity index (χ3n) is 4.95. The molecule has 0 bridgehead atoms. The minimum absolute atomic E-state index is 0.129. The minimum atomic E-state index is -0.129. The lowest BCUT2D eigenvalue weighted by atomic mass is 9.94. The second kappa shape index (κ2) is 9.00. The van der Waals surface area contributed by atoms with Gasteiger partial charge >= 0.3 is 6.03 Å². The molecule has 144 valence electrons. The van der Waals surface area contributed by atoms with E-state index in [1.54, 1.807) is 32.4 Å². The fourth-order valence-electron chi connectivity index (χ4n) is 3.45. The number of nitrogens with one attached hydrogen (secondary N) is 1. The van der Waals surface area contributed by atoms with Gasteiger partial charge in [-0.3, -0.25) is 0 Å². The predicted octanol–water partition coefficient (Wildman–Crippen LogP) is 5.16. The van der Waals surface area contributed by atoms with Crippen LogP contribution in [0.25, 0.3) is 0 Å². The molecule has 0 saturated carbocycles. The third-order valence-corrected chi connectivity index (χ3v) is 5.18. The van der Waals surface area contributed by atoms with Gasteiger partial charge in [0, 0.05) is 24.0 Å². The maximum absolute atomic E-state index is 12.9. The number of hydrogen-bond acceptors (Lipinski definition) is 3. The lowest BCUT2D eigenvalue weighted by molar-refractivity contribution is 0.211. The van der Waals surface area contributed by atoms with Gasteiger partial charge in [-0.1, -0.05) is 30.2 Å². The summed E-state index contributed by atoms with van der Waals surface area (Å²) < 4.78 is 10.6. The molecule has 1 N–H and O–H groups in total. The Kier molecular flexibility index (Phi) is 6.45. The van der Waals surface area contributed by atoms with Crippen molar-refractivity contribution < 1.29 is 14.3 Å². The van der Waals surface area contributed by atoms with Gasteiger partial charge < -0.3 is 19.7 Å². The summed E-state index contributed by atoms with van der Waals surface area (Å²) in [4.78, 5) is 14.8. The number of rotatable bonds is 4. The molecule has 0 unspecified atom stereocenters. The van der Waals surface area contributed by atoms with E-state index >= 15 is 0 Å². The van der Waals surface area contributed by atoms with E-state index in [-0.39, 0.29) is 6.03 Å². The van der Waals surface area contributed by atoms with Gasteiger partial charge in [-0.25, -0.2) is 4.79 Å². The first kappa shape index (κ1) is 19.4. The Balaban J connectivity index is 1.73. The first-order valence-electron chi connectivity index (χ1n) is 9.14. The molecule has 1 aliphatic rings. The number of carbonyl (C=O) groups is 1. The van der Waals surface area contributed by atoms with Crippen LogP contribution in [-0.4, -0.2) is 38.2 Å². The summed E-state index contributed by atoms with van der Waals surface area (Å²) >= 11 is 6.07. The van der Waals surface area contributed by atoms with Crippen molar-refractivity contribution in [2.24, 2.45) is 0 Å². The lowest BCUT2D eigenvalue weighted by Crippen LogP contribution is -2.37. The highest BCUT2D eigenvalue weighted by Gasteiger charge is 2.24. The number of urea groups is 1. The maximum atomic E-state index is 12.9. The van der Waals surface area contributed by atoms with Crippen molar-refractivity contribution in [2.75, 3.05) is 32.6 Å². The summed E-state index contributed by atoms with van der Waals surface area (Å²) in [6.07, 6.45) is 3.16. The summed E-state index contributed by atoms with van der Waals surface area (Å²) in [5.74, 6) is 1.75. The molecule has 27 heavy (non-hydrogen) atoms. The summed E-state index contributed by atoms with van der Waals surface area (Å²) in [6.45, 7) is 1.42. The molecule has 0 aromatic heterocycles. The number of hydrogen-bond donors (Lipinski definition) is 1. The fourth-order valence-corrected chi connectivity index (χ4v) is 3.62. The summed E-state index contributed by atoms with van der Waals surface area (Å²) in [7, 11) is 3.24. The van der Waals surface area contributed by atoms with Crippen LogP contribution in [0.1, 0.15) is 30.7 Å². The van der Waals surface area contributed by atoms with Gasteiger partial charge in [0.25, 0.3) is 0 Å². The molecule has 0 radical (unpaired) electrons. The van der Waals surface area contributed by atoms with Crippen molar-refractivity contribution in [2.45, 2.75) is 25.2 Å². The SMILES string of the molecule is COc1ccc([C@@H]2CCCCN(C(=O)Nc3cc(Cl)ccc3OC)C2)cc1. The number of methoxy groups -OCH3 is 2. The standard InChI is InChI=1S/C21H25ClN2O3/c1-26-18-9-6-15(7-10-18)16-5-3-4-12-24(14-16)21(25)23-19-13-17(22)8-11-20(19)27-2/h6-11,13,16H,3-5,12,14H2,1-2H3,(H,23,25)/t16-/m1/s1. The zero-order valence-electron chi connectivity index (χ0n) is 15.7. The van der Waals surface area contributed by atoms with Crippen LogP contribution in [0.2, 0.25) is 5.02 Å². The molecule has 3 rings (SSSR count). The van der Waals surface area contributed by atoms with Crippen LogP contribution in [0.3, 0.4) is 0 Å². The molecule has 1 heterocycles. The molecule has 1 atom stereocenters. The van der Waals surface area contributed by atoms with Crippen molar-refractivity contribution >= 4 is 23.3 Å². The Labute approximate surface area is 165 Å². The van der Waals surface area contributed by atoms with E-state index in [0.29, 0.717) is 28.9 Å². The molecule has 6 heteroatoms. The summed E-state index contributed by atoms with van der Waals surface area (Å²) in [5.41, 5.74) is 1.82. The zero-order valence-corrected chi connectivity index (χ0v) is 16.5.